The molecule has 36 heavy (non-hydrogen) atoms. The molecule has 1 saturated heterocycles. The van der Waals surface area contributed by atoms with E-state index in [1.54, 1.807) is 0 Å². The molecule has 1 aromatic heterocycles. The molecular formula is C31H32N4O. The summed E-state index contributed by atoms with van der Waals surface area (Å²) in [6, 6.07) is 29.2. The topological polar surface area (TPSA) is 61.2 Å². The van der Waals surface area contributed by atoms with Crippen LogP contribution in [0.1, 0.15) is 35.6 Å². The quantitative estimate of drug-likeness (QED) is 0.310. The Hall–Kier alpha value is -3.88. The van der Waals surface area contributed by atoms with E-state index in [0.29, 0.717) is 18.9 Å². The number of para-hydroxylation sites is 1. The van der Waals surface area contributed by atoms with Crippen molar-refractivity contribution in [3.63, 3.8) is 0 Å². The van der Waals surface area contributed by atoms with Crippen molar-refractivity contribution in [2.24, 2.45) is 0 Å². The summed E-state index contributed by atoms with van der Waals surface area (Å²) in [5.41, 5.74) is 6.57. The number of aryl methyl sites for hydroxylation is 1. The average Bonchev–Trinajstić information content (AvgIpc) is 2.90. The first-order valence-corrected chi connectivity index (χ1v) is 12.7. The minimum Gasteiger partial charge on any atom is -0.492 e. The lowest BCUT2D eigenvalue weighted by Gasteiger charge is -2.32. The highest BCUT2D eigenvalue weighted by molar-refractivity contribution is 5.93. The maximum atomic E-state index is 9.14. The van der Waals surface area contributed by atoms with Gasteiger partial charge in [0.1, 0.15) is 12.4 Å². The number of hydrogen-bond acceptors (Lipinski definition) is 5. The molecule has 0 spiro atoms. The molecule has 182 valence electrons. The predicted octanol–water partition coefficient (Wildman–Crippen LogP) is 6.61. The smallest absolute Gasteiger partial charge is 0.121 e. The Kier molecular flexibility index (Phi) is 7.44. The number of benzene rings is 3. The van der Waals surface area contributed by atoms with Crippen LogP contribution < -0.4 is 10.1 Å². The molecule has 2 heterocycles. The average molecular weight is 477 g/mol. The van der Waals surface area contributed by atoms with Crippen LogP contribution in [0.25, 0.3) is 10.9 Å². The Bertz CT molecular complexity index is 1370. The van der Waals surface area contributed by atoms with Crippen LogP contribution in [0.4, 0.5) is 11.4 Å². The third-order valence-electron chi connectivity index (χ3n) is 6.99. The molecule has 1 fully saturated rings. The summed E-state index contributed by atoms with van der Waals surface area (Å²) in [6.45, 7) is 5.72. The van der Waals surface area contributed by atoms with Crippen LogP contribution in [0.2, 0.25) is 0 Å². The molecule has 0 unspecified atom stereocenters. The largest absolute Gasteiger partial charge is 0.492 e. The molecule has 4 aromatic rings. The second-order valence-corrected chi connectivity index (χ2v) is 9.48. The summed E-state index contributed by atoms with van der Waals surface area (Å²) in [5, 5.41) is 13.8. The van der Waals surface area contributed by atoms with Crippen molar-refractivity contribution < 1.29 is 4.74 Å². The Morgan fingerprint density at radius 3 is 2.67 bits per heavy atom. The molecule has 0 amide bonds. The van der Waals surface area contributed by atoms with Gasteiger partial charge < -0.3 is 10.1 Å². The van der Waals surface area contributed by atoms with Crippen LogP contribution in [-0.2, 0) is 6.42 Å². The summed E-state index contributed by atoms with van der Waals surface area (Å²) in [7, 11) is 0. The van der Waals surface area contributed by atoms with Gasteiger partial charge in [0.05, 0.1) is 18.0 Å². The van der Waals surface area contributed by atoms with Crippen molar-refractivity contribution in [3.8, 4) is 11.8 Å². The number of likely N-dealkylation sites (tertiary alicyclic amines) is 1. The second kappa shape index (κ2) is 11.2. The zero-order valence-corrected chi connectivity index (χ0v) is 20.8. The molecule has 5 nitrogen and oxygen atoms in total. The number of piperidine rings is 1. The number of nitrogens with one attached hydrogen (secondary N) is 1. The SMILES string of the molecule is Cc1cc(Nc2cccc(OCCN3CCC(c4ccccc4CC#N)CC3)c2)c2ccccc2n1. The van der Waals surface area contributed by atoms with Gasteiger partial charge in [-0.15, -0.1) is 0 Å². The molecule has 0 radical (unpaired) electrons. The fourth-order valence-electron chi connectivity index (χ4n) is 5.17. The summed E-state index contributed by atoms with van der Waals surface area (Å²) < 4.78 is 6.13. The number of hydrogen-bond donors (Lipinski definition) is 1. The normalized spacial score (nSPS) is 14.4. The number of anilines is 2. The Morgan fingerprint density at radius 1 is 1.00 bits per heavy atom. The second-order valence-electron chi connectivity index (χ2n) is 9.48. The Morgan fingerprint density at radius 2 is 1.81 bits per heavy atom. The predicted molar refractivity (Wildman–Crippen MR) is 146 cm³/mol. The third kappa shape index (κ3) is 5.67. The standard InChI is InChI=1S/C31H32N4O/c1-23-21-31(29-11-4-5-12-30(29)33-23)34-26-8-6-9-27(22-26)36-20-19-35-17-14-25(15-18-35)28-10-3-2-7-24(28)13-16-32/h2-12,21-22,25H,13-15,17-20H2,1H3,(H,33,34). The van der Waals surface area contributed by atoms with Crippen LogP contribution in [0.3, 0.4) is 0 Å². The lowest BCUT2D eigenvalue weighted by atomic mass is 9.86. The number of nitriles is 1. The fraction of sp³-hybridized carbons (Fsp3) is 0.290. The first-order valence-electron chi connectivity index (χ1n) is 12.7. The number of fused-ring (bicyclic) bond motifs is 1. The van der Waals surface area contributed by atoms with Crippen molar-refractivity contribution in [1.29, 1.82) is 5.26 Å². The van der Waals surface area contributed by atoms with E-state index in [9.17, 15) is 0 Å². The molecule has 0 saturated carbocycles. The lowest BCUT2D eigenvalue weighted by molar-refractivity contribution is 0.173. The summed E-state index contributed by atoms with van der Waals surface area (Å²) in [6.07, 6.45) is 2.75. The van der Waals surface area contributed by atoms with Gasteiger partial charge in [-0.25, -0.2) is 0 Å². The first kappa shape index (κ1) is 23.8. The van der Waals surface area contributed by atoms with Gasteiger partial charge in [0.15, 0.2) is 0 Å². The molecule has 0 atom stereocenters. The van der Waals surface area contributed by atoms with E-state index in [0.717, 1.165) is 66.2 Å². The maximum absolute atomic E-state index is 9.14. The van der Waals surface area contributed by atoms with Crippen molar-refractivity contribution in [3.05, 3.63) is 95.7 Å². The van der Waals surface area contributed by atoms with Gasteiger partial charge in [-0.1, -0.05) is 48.5 Å². The summed E-state index contributed by atoms with van der Waals surface area (Å²) in [5.74, 6) is 1.41. The van der Waals surface area contributed by atoms with Crippen molar-refractivity contribution in [2.45, 2.75) is 32.1 Å². The molecule has 3 aromatic carbocycles. The van der Waals surface area contributed by atoms with Crippen LogP contribution >= 0.6 is 0 Å². The van der Waals surface area contributed by atoms with E-state index < -0.39 is 0 Å². The highest BCUT2D eigenvalue weighted by atomic mass is 16.5. The van der Waals surface area contributed by atoms with Gasteiger partial charge in [-0.2, -0.15) is 5.26 Å². The minimum atomic E-state index is 0.495. The molecule has 1 aliphatic rings. The van der Waals surface area contributed by atoms with Crippen LogP contribution in [0.15, 0.2) is 78.9 Å². The van der Waals surface area contributed by atoms with Gasteiger partial charge in [-0.3, -0.25) is 9.88 Å². The zero-order valence-electron chi connectivity index (χ0n) is 20.8. The summed E-state index contributed by atoms with van der Waals surface area (Å²) >= 11 is 0. The number of rotatable bonds is 8. The zero-order chi connectivity index (χ0) is 24.7. The molecule has 0 bridgehead atoms. The molecule has 5 rings (SSSR count). The minimum absolute atomic E-state index is 0.495. The van der Waals surface area contributed by atoms with Gasteiger partial charge in [0, 0.05) is 35.1 Å². The molecule has 5 heteroatoms. The van der Waals surface area contributed by atoms with Crippen molar-refractivity contribution in [2.75, 3.05) is 31.6 Å². The molecular weight excluding hydrogens is 444 g/mol. The highest BCUT2D eigenvalue weighted by Crippen LogP contribution is 2.31. The number of ether oxygens (including phenoxy) is 1. The van der Waals surface area contributed by atoms with Gasteiger partial charge >= 0.3 is 0 Å². The van der Waals surface area contributed by atoms with Crippen LogP contribution in [0.5, 0.6) is 5.75 Å². The van der Waals surface area contributed by atoms with E-state index in [1.165, 1.54) is 11.1 Å². The number of aromatic nitrogens is 1. The Balaban J connectivity index is 1.14. The molecule has 0 aliphatic carbocycles. The lowest BCUT2D eigenvalue weighted by Crippen LogP contribution is -2.36. The highest BCUT2D eigenvalue weighted by Gasteiger charge is 2.22. The van der Waals surface area contributed by atoms with Crippen LogP contribution in [-0.4, -0.2) is 36.1 Å². The third-order valence-corrected chi connectivity index (χ3v) is 6.99. The van der Waals surface area contributed by atoms with E-state index in [1.807, 2.05) is 43.3 Å². The van der Waals surface area contributed by atoms with E-state index >= 15 is 0 Å². The van der Waals surface area contributed by atoms with Gasteiger partial charge in [0.2, 0.25) is 0 Å². The monoisotopic (exact) mass is 476 g/mol. The van der Waals surface area contributed by atoms with E-state index in [2.05, 4.69) is 63.7 Å². The van der Waals surface area contributed by atoms with Gasteiger partial charge in [0.25, 0.3) is 0 Å². The Labute approximate surface area is 213 Å². The number of pyridine rings is 1. The number of nitrogens with zero attached hydrogens (tertiary/aromatic N) is 3. The maximum Gasteiger partial charge on any atom is 0.121 e. The van der Waals surface area contributed by atoms with E-state index in [4.69, 9.17) is 10.00 Å². The van der Waals surface area contributed by atoms with E-state index in [-0.39, 0.29) is 0 Å². The van der Waals surface area contributed by atoms with Gasteiger partial charge in [-0.05, 0) is 74.2 Å². The van der Waals surface area contributed by atoms with Crippen LogP contribution in [0, 0.1) is 18.3 Å². The van der Waals surface area contributed by atoms with Crippen molar-refractivity contribution in [1.82, 2.24) is 9.88 Å². The molecule has 1 N–H and O–H groups in total. The summed E-state index contributed by atoms with van der Waals surface area (Å²) in [4.78, 5) is 7.12. The fourth-order valence-corrected chi connectivity index (χ4v) is 5.17. The van der Waals surface area contributed by atoms with Crippen molar-refractivity contribution >= 4 is 22.3 Å². The first-order chi connectivity index (χ1) is 17.7. The molecule has 1 aliphatic heterocycles.